The molecule has 1 atom stereocenters. The quantitative estimate of drug-likeness (QED) is 0.0262. The van der Waals surface area contributed by atoms with Crippen LogP contribution < -0.4 is 0 Å². The molecule has 0 aromatic rings. The summed E-state index contributed by atoms with van der Waals surface area (Å²) in [7, 11) is 0. The van der Waals surface area contributed by atoms with Crippen LogP contribution in [-0.2, 0) is 28.6 Å². The van der Waals surface area contributed by atoms with Crippen molar-refractivity contribution in [2.45, 2.75) is 239 Å². The topological polar surface area (TPSA) is 78.9 Å². The van der Waals surface area contributed by atoms with Crippen LogP contribution in [0.5, 0.6) is 0 Å². The van der Waals surface area contributed by atoms with Gasteiger partial charge in [-0.3, -0.25) is 14.4 Å². The van der Waals surface area contributed by atoms with Crippen LogP contribution in [0.15, 0.2) is 122 Å². The third kappa shape index (κ3) is 52.8. The zero-order chi connectivity index (χ0) is 49.3. The second-order valence-electron chi connectivity index (χ2n) is 17.7. The van der Waals surface area contributed by atoms with Gasteiger partial charge in [0.1, 0.15) is 13.2 Å². The number of allylic oxidation sites excluding steroid dienone is 20. The highest BCUT2D eigenvalue weighted by Gasteiger charge is 2.19. The maximum absolute atomic E-state index is 12.8. The Labute approximate surface area is 418 Å². The number of esters is 3. The Balaban J connectivity index is 4.43. The molecule has 0 aliphatic carbocycles. The average Bonchev–Trinajstić information content (AvgIpc) is 3.34. The number of carbonyl (C=O) groups is 3. The first kappa shape index (κ1) is 63.8. The molecule has 0 heterocycles. The number of hydrogen-bond donors (Lipinski definition) is 0. The Kier molecular flexibility index (Phi) is 52.0. The molecule has 0 amide bonds. The summed E-state index contributed by atoms with van der Waals surface area (Å²) in [5, 5.41) is 0. The van der Waals surface area contributed by atoms with Crippen molar-refractivity contribution in [2.75, 3.05) is 13.2 Å². The molecule has 0 saturated heterocycles. The van der Waals surface area contributed by atoms with Crippen LogP contribution in [0.3, 0.4) is 0 Å². The van der Waals surface area contributed by atoms with E-state index >= 15 is 0 Å². The van der Waals surface area contributed by atoms with Gasteiger partial charge in [-0.1, -0.05) is 226 Å². The largest absolute Gasteiger partial charge is 0.462 e. The van der Waals surface area contributed by atoms with Gasteiger partial charge < -0.3 is 14.2 Å². The molecule has 6 nitrogen and oxygen atoms in total. The number of unbranched alkanes of at least 4 members (excludes halogenated alkanes) is 17. The minimum absolute atomic E-state index is 0.0981. The van der Waals surface area contributed by atoms with Crippen LogP contribution in [0.4, 0.5) is 0 Å². The van der Waals surface area contributed by atoms with Gasteiger partial charge in [0.2, 0.25) is 0 Å². The number of rotatable bonds is 48. The average molecular weight is 941 g/mol. The van der Waals surface area contributed by atoms with Gasteiger partial charge in [0.15, 0.2) is 6.10 Å². The molecule has 0 N–H and O–H groups in total. The number of hydrogen-bond acceptors (Lipinski definition) is 6. The molecular formula is C62H100O6. The lowest BCUT2D eigenvalue weighted by molar-refractivity contribution is -0.167. The van der Waals surface area contributed by atoms with Gasteiger partial charge in [0, 0.05) is 19.3 Å². The Morgan fingerprint density at radius 2 is 0.574 bits per heavy atom. The molecule has 0 aliphatic rings. The first-order valence-corrected chi connectivity index (χ1v) is 27.5. The van der Waals surface area contributed by atoms with E-state index in [0.717, 1.165) is 148 Å². The highest BCUT2D eigenvalue weighted by Crippen LogP contribution is 2.14. The van der Waals surface area contributed by atoms with Gasteiger partial charge in [-0.25, -0.2) is 0 Å². The van der Waals surface area contributed by atoms with E-state index in [1.165, 1.54) is 44.9 Å². The van der Waals surface area contributed by atoms with E-state index in [1.807, 2.05) is 0 Å². The third-order valence-corrected chi connectivity index (χ3v) is 11.2. The van der Waals surface area contributed by atoms with E-state index in [1.54, 1.807) is 0 Å². The Bertz CT molecular complexity index is 1450. The molecule has 0 aromatic heterocycles. The molecule has 0 fully saturated rings. The van der Waals surface area contributed by atoms with Crippen LogP contribution in [-0.4, -0.2) is 37.2 Å². The van der Waals surface area contributed by atoms with E-state index in [-0.39, 0.29) is 31.1 Å². The summed E-state index contributed by atoms with van der Waals surface area (Å²) in [5.41, 5.74) is 0. The minimum Gasteiger partial charge on any atom is -0.462 e. The maximum Gasteiger partial charge on any atom is 0.306 e. The summed E-state index contributed by atoms with van der Waals surface area (Å²) in [6.45, 7) is 6.35. The number of carbonyl (C=O) groups excluding carboxylic acids is 3. The van der Waals surface area contributed by atoms with Crippen LogP contribution in [0.2, 0.25) is 0 Å². The molecule has 6 heteroatoms. The molecule has 0 aromatic carbocycles. The van der Waals surface area contributed by atoms with E-state index in [0.29, 0.717) is 19.3 Å². The predicted octanol–water partition coefficient (Wildman–Crippen LogP) is 18.5. The standard InChI is InChI=1S/C62H100O6/c1-4-7-10-13-16-19-22-24-26-28-29-30-31-32-33-35-36-38-40-43-46-49-52-55-61(64)67-58-59(57-66-60(63)54-51-48-45-42-21-18-15-12-9-6-3)68-62(65)56-53-50-47-44-41-39-37-34-27-25-23-20-17-14-11-8-5-2/h7-8,10-11,16-17,19-20,24-27,29-30,32-33,36-39,59H,4-6,9,12-15,18,21-23,28,31,34-35,40-58H2,1-3H3/b10-7-,11-8-,19-16-,20-17-,26-24-,27-25-,30-29-,33-32-,38-36-,39-37-. The van der Waals surface area contributed by atoms with Crippen molar-refractivity contribution in [3.05, 3.63) is 122 Å². The van der Waals surface area contributed by atoms with Gasteiger partial charge in [-0.05, 0) is 109 Å². The summed E-state index contributed by atoms with van der Waals surface area (Å²) in [4.78, 5) is 38.0. The third-order valence-electron chi connectivity index (χ3n) is 11.2. The van der Waals surface area contributed by atoms with Crippen molar-refractivity contribution >= 4 is 17.9 Å². The van der Waals surface area contributed by atoms with Crippen LogP contribution in [0, 0.1) is 0 Å². The normalized spacial score (nSPS) is 13.0. The molecule has 1 unspecified atom stereocenters. The zero-order valence-electron chi connectivity index (χ0n) is 43.8. The molecule has 384 valence electrons. The van der Waals surface area contributed by atoms with Gasteiger partial charge in [0.05, 0.1) is 0 Å². The molecule has 0 saturated carbocycles. The summed E-state index contributed by atoms with van der Waals surface area (Å²) < 4.78 is 16.8. The first-order valence-electron chi connectivity index (χ1n) is 27.5. The fraction of sp³-hybridized carbons (Fsp3) is 0.629. The van der Waals surface area contributed by atoms with E-state index in [9.17, 15) is 14.4 Å². The maximum atomic E-state index is 12.8. The lowest BCUT2D eigenvalue weighted by Crippen LogP contribution is -2.30. The molecule has 0 radical (unpaired) electrons. The van der Waals surface area contributed by atoms with Crippen molar-refractivity contribution < 1.29 is 28.6 Å². The van der Waals surface area contributed by atoms with Crippen molar-refractivity contribution in [1.82, 2.24) is 0 Å². The van der Waals surface area contributed by atoms with Gasteiger partial charge >= 0.3 is 17.9 Å². The second kappa shape index (κ2) is 55.4. The summed E-state index contributed by atoms with van der Waals surface area (Å²) >= 11 is 0. The van der Waals surface area contributed by atoms with Crippen molar-refractivity contribution in [2.24, 2.45) is 0 Å². The smallest absolute Gasteiger partial charge is 0.306 e. The first-order chi connectivity index (χ1) is 33.5. The zero-order valence-corrected chi connectivity index (χ0v) is 43.8. The van der Waals surface area contributed by atoms with Crippen LogP contribution in [0.25, 0.3) is 0 Å². The molecule has 0 bridgehead atoms. The molecule has 68 heavy (non-hydrogen) atoms. The Morgan fingerprint density at radius 3 is 0.897 bits per heavy atom. The van der Waals surface area contributed by atoms with Crippen molar-refractivity contribution in [3.8, 4) is 0 Å². The minimum atomic E-state index is -0.803. The molecule has 0 rings (SSSR count). The Hall–Kier alpha value is -4.19. The predicted molar refractivity (Wildman–Crippen MR) is 293 cm³/mol. The monoisotopic (exact) mass is 941 g/mol. The highest BCUT2D eigenvalue weighted by atomic mass is 16.6. The van der Waals surface area contributed by atoms with Gasteiger partial charge in [-0.15, -0.1) is 0 Å². The van der Waals surface area contributed by atoms with Gasteiger partial charge in [-0.2, -0.15) is 0 Å². The van der Waals surface area contributed by atoms with Crippen LogP contribution in [0.1, 0.15) is 233 Å². The fourth-order valence-electron chi connectivity index (χ4n) is 7.14. The lowest BCUT2D eigenvalue weighted by atomic mass is 10.1. The Morgan fingerprint density at radius 1 is 0.309 bits per heavy atom. The van der Waals surface area contributed by atoms with Gasteiger partial charge in [0.25, 0.3) is 0 Å². The second-order valence-corrected chi connectivity index (χ2v) is 17.7. The summed E-state index contributed by atoms with van der Waals surface area (Å²) in [6.07, 6.45) is 76.1. The van der Waals surface area contributed by atoms with Crippen molar-refractivity contribution in [3.63, 3.8) is 0 Å². The van der Waals surface area contributed by atoms with E-state index in [2.05, 4.69) is 142 Å². The van der Waals surface area contributed by atoms with Crippen molar-refractivity contribution in [1.29, 1.82) is 0 Å². The molecule has 0 aliphatic heterocycles. The fourth-order valence-corrected chi connectivity index (χ4v) is 7.14. The summed E-state index contributed by atoms with van der Waals surface area (Å²) in [6, 6.07) is 0. The highest BCUT2D eigenvalue weighted by molar-refractivity contribution is 5.71. The lowest BCUT2D eigenvalue weighted by Gasteiger charge is -2.18. The van der Waals surface area contributed by atoms with E-state index < -0.39 is 6.10 Å². The molecule has 0 spiro atoms. The van der Waals surface area contributed by atoms with Crippen LogP contribution >= 0.6 is 0 Å². The SMILES string of the molecule is CC/C=C\C/C=C\C/C=C\C/C=C\C/C=C\C/C=C\CCCCCCC(=O)OCC(COC(=O)CCCCCCCCCCCC)OC(=O)CCCCCC/C=C\C/C=C\C/C=C\C/C=C\CC. The molecular weight excluding hydrogens is 841 g/mol. The summed E-state index contributed by atoms with van der Waals surface area (Å²) in [5.74, 6) is -0.954. The van der Waals surface area contributed by atoms with E-state index in [4.69, 9.17) is 14.2 Å². The number of ether oxygens (including phenoxy) is 3.